The van der Waals surface area contributed by atoms with E-state index in [4.69, 9.17) is 11.5 Å². The predicted octanol–water partition coefficient (Wildman–Crippen LogP) is 0.383. The highest BCUT2D eigenvalue weighted by atomic mass is 16.3. The van der Waals surface area contributed by atoms with Crippen molar-refractivity contribution in [2.75, 3.05) is 11.5 Å². The maximum absolute atomic E-state index is 9.82. The fourth-order valence-corrected chi connectivity index (χ4v) is 2.13. The summed E-state index contributed by atoms with van der Waals surface area (Å²) in [5.74, 6) is 0. The van der Waals surface area contributed by atoms with Gasteiger partial charge >= 0.3 is 0 Å². The summed E-state index contributed by atoms with van der Waals surface area (Å²) in [4.78, 5) is 1.44. The molecule has 6 heteroatoms. The molecule has 6 nitrogen and oxygen atoms in total. The van der Waals surface area contributed by atoms with Crippen molar-refractivity contribution < 1.29 is 15.3 Å². The molecule has 7 N–H and O–H groups in total. The molecule has 0 spiro atoms. The molecule has 0 aliphatic rings. The Bertz CT molecular complexity index is 425. The van der Waals surface area contributed by atoms with Gasteiger partial charge in [0.2, 0.25) is 0 Å². The van der Waals surface area contributed by atoms with Crippen LogP contribution in [0.15, 0.2) is 12.1 Å². The van der Waals surface area contributed by atoms with Crippen LogP contribution < -0.4 is 11.5 Å². The van der Waals surface area contributed by atoms with Crippen molar-refractivity contribution in [2.45, 2.75) is 45.9 Å². The van der Waals surface area contributed by atoms with Crippen LogP contribution >= 0.6 is 0 Å². The lowest BCUT2D eigenvalue weighted by molar-refractivity contribution is -0.0899. The topological polar surface area (TPSA) is 116 Å². The number of aliphatic hydroxyl groups is 3. The Morgan fingerprint density at radius 2 is 1.47 bits per heavy atom. The molecule has 1 aromatic rings. The van der Waals surface area contributed by atoms with Gasteiger partial charge in [0.05, 0.1) is 6.10 Å². The number of benzene rings is 1. The van der Waals surface area contributed by atoms with Gasteiger partial charge in [0, 0.05) is 23.5 Å². The fraction of sp³-hybridized carbons (Fsp3) is 0.538. The standard InChI is InChI=1S/C13H23N3O3/c1-7(17)13-10(11(14)4-5-12(13)15)6-16(8(2)18)9(3)19/h4-5,7-9,17-19H,6,14-15H2,1-3H3. The zero-order valence-electron chi connectivity index (χ0n) is 11.5. The van der Waals surface area contributed by atoms with Crippen LogP contribution in [0.3, 0.4) is 0 Å². The Morgan fingerprint density at radius 1 is 1.00 bits per heavy atom. The lowest BCUT2D eigenvalue weighted by Gasteiger charge is -2.30. The maximum atomic E-state index is 9.82. The second-order valence-electron chi connectivity index (χ2n) is 4.75. The van der Waals surface area contributed by atoms with E-state index in [0.29, 0.717) is 22.5 Å². The molecule has 1 aromatic carbocycles. The van der Waals surface area contributed by atoms with E-state index >= 15 is 0 Å². The van der Waals surface area contributed by atoms with E-state index < -0.39 is 18.6 Å². The van der Waals surface area contributed by atoms with Crippen LogP contribution in [-0.4, -0.2) is 32.7 Å². The third-order valence-corrected chi connectivity index (χ3v) is 3.15. The lowest BCUT2D eigenvalue weighted by Crippen LogP contribution is -2.40. The van der Waals surface area contributed by atoms with Gasteiger partial charge in [-0.1, -0.05) is 0 Å². The highest BCUT2D eigenvalue weighted by Gasteiger charge is 2.22. The second-order valence-corrected chi connectivity index (χ2v) is 4.75. The Hall–Kier alpha value is -1.34. The molecule has 3 atom stereocenters. The van der Waals surface area contributed by atoms with Crippen molar-refractivity contribution in [2.24, 2.45) is 0 Å². The summed E-state index contributed by atoms with van der Waals surface area (Å²) in [5, 5.41) is 29.2. The minimum absolute atomic E-state index is 0.201. The Kier molecular flexibility index (Phi) is 5.13. The van der Waals surface area contributed by atoms with Gasteiger partial charge in [-0.15, -0.1) is 0 Å². The fourth-order valence-electron chi connectivity index (χ4n) is 2.13. The number of nitrogens with two attached hydrogens (primary N) is 2. The third kappa shape index (κ3) is 3.57. The summed E-state index contributed by atoms with van der Waals surface area (Å²) < 4.78 is 0. The summed E-state index contributed by atoms with van der Waals surface area (Å²) in [7, 11) is 0. The van der Waals surface area contributed by atoms with Crippen molar-refractivity contribution in [3.05, 3.63) is 23.3 Å². The highest BCUT2D eigenvalue weighted by molar-refractivity contribution is 5.62. The van der Waals surface area contributed by atoms with Gasteiger partial charge in [-0.25, -0.2) is 4.90 Å². The first-order chi connectivity index (χ1) is 8.75. The van der Waals surface area contributed by atoms with E-state index in [1.54, 1.807) is 32.9 Å². The SMILES string of the molecule is CC(O)c1c(N)ccc(N)c1CN(C(C)O)C(C)O. The van der Waals surface area contributed by atoms with Crippen LogP contribution in [0, 0.1) is 0 Å². The van der Waals surface area contributed by atoms with Crippen molar-refractivity contribution in [3.8, 4) is 0 Å². The van der Waals surface area contributed by atoms with Crippen LogP contribution in [-0.2, 0) is 6.54 Å². The van der Waals surface area contributed by atoms with Crippen molar-refractivity contribution in [1.29, 1.82) is 0 Å². The molecule has 19 heavy (non-hydrogen) atoms. The molecular formula is C13H23N3O3. The van der Waals surface area contributed by atoms with Crippen LogP contribution in [0.2, 0.25) is 0 Å². The quantitative estimate of drug-likeness (QED) is 0.390. The van der Waals surface area contributed by atoms with E-state index in [1.165, 1.54) is 4.90 Å². The number of nitrogen functional groups attached to an aromatic ring is 2. The lowest BCUT2D eigenvalue weighted by atomic mass is 9.98. The summed E-state index contributed by atoms with van der Waals surface area (Å²) in [6.07, 6.45) is -2.46. The van der Waals surface area contributed by atoms with E-state index in [1.807, 2.05) is 0 Å². The molecule has 3 unspecified atom stereocenters. The number of hydrogen-bond donors (Lipinski definition) is 5. The number of anilines is 2. The number of aliphatic hydroxyl groups excluding tert-OH is 3. The van der Waals surface area contributed by atoms with Crippen LogP contribution in [0.4, 0.5) is 11.4 Å². The number of rotatable bonds is 5. The first-order valence-electron chi connectivity index (χ1n) is 6.22. The molecule has 0 aliphatic heterocycles. The Balaban J connectivity index is 3.22. The summed E-state index contributed by atoms with van der Waals surface area (Å²) in [5.41, 5.74) is 13.8. The van der Waals surface area contributed by atoms with Gasteiger partial charge in [-0.3, -0.25) is 0 Å². The zero-order valence-corrected chi connectivity index (χ0v) is 11.5. The zero-order chi connectivity index (χ0) is 14.7. The molecule has 0 aromatic heterocycles. The van der Waals surface area contributed by atoms with Gasteiger partial charge in [0.1, 0.15) is 12.5 Å². The van der Waals surface area contributed by atoms with E-state index in [2.05, 4.69) is 0 Å². The molecule has 0 radical (unpaired) electrons. The smallest absolute Gasteiger partial charge is 0.106 e. The molecule has 108 valence electrons. The minimum Gasteiger partial charge on any atom is -0.398 e. The molecular weight excluding hydrogens is 246 g/mol. The molecule has 0 heterocycles. The predicted molar refractivity (Wildman–Crippen MR) is 74.8 cm³/mol. The average Bonchev–Trinajstić information content (AvgIpc) is 2.28. The van der Waals surface area contributed by atoms with Gasteiger partial charge in [0.25, 0.3) is 0 Å². The average molecular weight is 269 g/mol. The van der Waals surface area contributed by atoms with Gasteiger partial charge in [0.15, 0.2) is 0 Å². The van der Waals surface area contributed by atoms with E-state index in [9.17, 15) is 15.3 Å². The molecule has 1 rings (SSSR count). The summed E-state index contributed by atoms with van der Waals surface area (Å²) >= 11 is 0. The van der Waals surface area contributed by atoms with E-state index in [-0.39, 0.29) is 6.54 Å². The van der Waals surface area contributed by atoms with Gasteiger partial charge in [-0.2, -0.15) is 0 Å². The van der Waals surface area contributed by atoms with E-state index in [0.717, 1.165) is 0 Å². The van der Waals surface area contributed by atoms with Gasteiger partial charge < -0.3 is 26.8 Å². The molecule has 0 fully saturated rings. The van der Waals surface area contributed by atoms with Crippen molar-refractivity contribution in [1.82, 2.24) is 4.90 Å². The Morgan fingerprint density at radius 3 is 1.89 bits per heavy atom. The molecule has 0 aliphatic carbocycles. The van der Waals surface area contributed by atoms with Crippen LogP contribution in [0.5, 0.6) is 0 Å². The summed E-state index contributed by atoms with van der Waals surface area (Å²) in [6, 6.07) is 3.29. The minimum atomic E-state index is -0.845. The third-order valence-electron chi connectivity index (χ3n) is 3.15. The van der Waals surface area contributed by atoms with Gasteiger partial charge in [-0.05, 0) is 38.5 Å². The summed E-state index contributed by atoms with van der Waals surface area (Å²) in [6.45, 7) is 4.91. The van der Waals surface area contributed by atoms with Crippen LogP contribution in [0.25, 0.3) is 0 Å². The Labute approximate surface area is 113 Å². The molecule has 0 saturated heterocycles. The van der Waals surface area contributed by atoms with Crippen molar-refractivity contribution in [3.63, 3.8) is 0 Å². The second kappa shape index (κ2) is 6.21. The normalized spacial score (nSPS) is 16.4. The highest BCUT2D eigenvalue weighted by Crippen LogP contribution is 2.30. The molecule has 0 bridgehead atoms. The monoisotopic (exact) mass is 269 g/mol. The first-order valence-corrected chi connectivity index (χ1v) is 6.22. The van der Waals surface area contributed by atoms with Crippen LogP contribution in [0.1, 0.15) is 38.0 Å². The number of nitrogens with zero attached hydrogens (tertiary/aromatic N) is 1. The van der Waals surface area contributed by atoms with Crippen molar-refractivity contribution >= 4 is 11.4 Å². The molecule has 0 saturated carbocycles. The molecule has 0 amide bonds. The maximum Gasteiger partial charge on any atom is 0.106 e. The largest absolute Gasteiger partial charge is 0.398 e. The number of hydrogen-bond acceptors (Lipinski definition) is 6. The first kappa shape index (κ1) is 15.7.